The third kappa shape index (κ3) is 7.79. The maximum absolute atomic E-state index is 13.5. The van der Waals surface area contributed by atoms with Crippen molar-refractivity contribution in [2.24, 2.45) is 5.73 Å². The largest absolute Gasteiger partial charge is 0.493 e. The average molecular weight is 499 g/mol. The summed E-state index contributed by atoms with van der Waals surface area (Å²) in [4.78, 5) is 11.9. The molecule has 190 valence electrons. The lowest BCUT2D eigenvalue weighted by molar-refractivity contribution is -0.112. The Morgan fingerprint density at radius 1 is 1.03 bits per heavy atom. The van der Waals surface area contributed by atoms with E-state index in [0.29, 0.717) is 48.1 Å². The van der Waals surface area contributed by atoms with Crippen molar-refractivity contribution in [3.05, 3.63) is 89.5 Å². The molecule has 36 heavy (non-hydrogen) atoms. The first-order chi connectivity index (χ1) is 17.4. The molecule has 0 heterocycles. The van der Waals surface area contributed by atoms with Gasteiger partial charge in [-0.2, -0.15) is 0 Å². The third-order valence-corrected chi connectivity index (χ3v) is 5.11. The predicted octanol–water partition coefficient (Wildman–Crippen LogP) is 3.41. The average Bonchev–Trinajstić information content (AvgIpc) is 2.88. The van der Waals surface area contributed by atoms with E-state index in [2.05, 4.69) is 5.32 Å². The number of aliphatic hydroxyl groups is 1. The summed E-state index contributed by atoms with van der Waals surface area (Å²) in [6.07, 6.45) is 0.624. The van der Waals surface area contributed by atoms with Crippen LogP contribution in [0.3, 0.4) is 0 Å². The van der Waals surface area contributed by atoms with E-state index in [1.54, 1.807) is 31.4 Å². The molecule has 0 radical (unpaired) electrons. The lowest BCUT2D eigenvalue weighted by Crippen LogP contribution is -2.33. The molecule has 4 N–H and O–H groups in total. The number of carbonyl (C=O) groups excluding carboxylic acids is 1. The molecule has 0 aromatic heterocycles. The minimum absolute atomic E-state index is 0.0487. The molecule has 1 unspecified atom stereocenters. The molecule has 0 spiro atoms. The summed E-state index contributed by atoms with van der Waals surface area (Å²) in [5.74, 6) is -0.937. The first-order valence-corrected chi connectivity index (χ1v) is 11.2. The van der Waals surface area contributed by atoms with Crippen molar-refractivity contribution in [1.82, 2.24) is 5.32 Å². The van der Waals surface area contributed by atoms with Crippen molar-refractivity contribution < 1.29 is 32.9 Å². The summed E-state index contributed by atoms with van der Waals surface area (Å²) in [6.45, 7) is 1.27. The smallest absolute Gasteiger partial charge is 0.249 e. The fourth-order valence-corrected chi connectivity index (χ4v) is 3.29. The van der Waals surface area contributed by atoms with E-state index in [0.717, 1.165) is 12.1 Å². The Morgan fingerprint density at radius 2 is 1.75 bits per heavy atom. The van der Waals surface area contributed by atoms with E-state index < -0.39 is 23.6 Å². The second-order valence-corrected chi connectivity index (χ2v) is 7.79. The summed E-state index contributed by atoms with van der Waals surface area (Å²) < 4.78 is 43.1. The van der Waals surface area contributed by atoms with E-state index in [9.17, 15) is 18.7 Å². The zero-order valence-corrected chi connectivity index (χ0v) is 19.7. The Bertz CT molecular complexity index is 1190. The van der Waals surface area contributed by atoms with Gasteiger partial charge in [0.1, 0.15) is 25.1 Å². The van der Waals surface area contributed by atoms with Gasteiger partial charge in [0, 0.05) is 18.7 Å². The third-order valence-electron chi connectivity index (χ3n) is 5.11. The molecule has 9 heteroatoms. The molecule has 3 rings (SSSR count). The topological polar surface area (TPSA) is 103 Å². The highest BCUT2D eigenvalue weighted by molar-refractivity contribution is 6.23. The maximum Gasteiger partial charge on any atom is 0.249 e. The van der Waals surface area contributed by atoms with Crippen LogP contribution in [-0.4, -0.2) is 50.5 Å². The summed E-state index contributed by atoms with van der Waals surface area (Å²) in [6, 6.07) is 17.1. The second-order valence-electron chi connectivity index (χ2n) is 7.79. The van der Waals surface area contributed by atoms with Crippen LogP contribution in [0, 0.1) is 11.6 Å². The van der Waals surface area contributed by atoms with Crippen LogP contribution in [-0.2, 0) is 4.79 Å². The first-order valence-electron chi connectivity index (χ1n) is 11.2. The molecule has 0 fully saturated rings. The number of benzene rings is 3. The van der Waals surface area contributed by atoms with Gasteiger partial charge in [-0.25, -0.2) is 8.78 Å². The first kappa shape index (κ1) is 26.7. The number of aliphatic hydroxyl groups excluding tert-OH is 1. The van der Waals surface area contributed by atoms with Crippen LogP contribution < -0.4 is 25.3 Å². The zero-order chi connectivity index (χ0) is 25.9. The standard InChI is InChI=1S/C27H28F2N2O5/c1-34-25-4-2-3-5-26(25)35-13-12-31-16-20(32)17-36-21-9-7-19(8-10-21)22(27(30)33)14-18-6-11-23(28)24(29)15-18/h2-11,14-15,20,31-32H,12-13,16-17H2,1H3,(H2,30,33). The highest BCUT2D eigenvalue weighted by atomic mass is 19.2. The van der Waals surface area contributed by atoms with Crippen LogP contribution in [0.2, 0.25) is 0 Å². The minimum Gasteiger partial charge on any atom is -0.493 e. The molecule has 0 aliphatic heterocycles. The van der Waals surface area contributed by atoms with Gasteiger partial charge in [0.25, 0.3) is 0 Å². The van der Waals surface area contributed by atoms with Crippen molar-refractivity contribution in [2.45, 2.75) is 6.10 Å². The normalized spacial score (nSPS) is 12.2. The van der Waals surface area contributed by atoms with Crippen LogP contribution in [0.25, 0.3) is 11.6 Å². The molecular formula is C27H28F2N2O5. The van der Waals surface area contributed by atoms with Crippen molar-refractivity contribution in [1.29, 1.82) is 0 Å². The van der Waals surface area contributed by atoms with Crippen molar-refractivity contribution in [3.63, 3.8) is 0 Å². The molecule has 1 amide bonds. The highest BCUT2D eigenvalue weighted by Crippen LogP contribution is 2.25. The maximum atomic E-state index is 13.5. The number of rotatable bonds is 13. The number of amides is 1. The number of nitrogens with two attached hydrogens (primary N) is 1. The number of hydrogen-bond acceptors (Lipinski definition) is 6. The SMILES string of the molecule is COc1ccccc1OCCNCC(O)COc1ccc(C(=Cc2ccc(F)c(F)c2)C(N)=O)cc1. The molecule has 3 aromatic rings. The molecule has 3 aromatic carbocycles. The molecule has 0 bridgehead atoms. The molecule has 0 aliphatic carbocycles. The van der Waals surface area contributed by atoms with Gasteiger partial charge >= 0.3 is 0 Å². The number of ether oxygens (including phenoxy) is 3. The van der Waals surface area contributed by atoms with E-state index in [1.165, 1.54) is 12.1 Å². The van der Waals surface area contributed by atoms with E-state index >= 15 is 0 Å². The quantitative estimate of drug-likeness (QED) is 0.190. The molecule has 0 saturated heterocycles. The van der Waals surface area contributed by atoms with Crippen LogP contribution in [0.15, 0.2) is 66.7 Å². The lowest BCUT2D eigenvalue weighted by atomic mass is 10.0. The monoisotopic (exact) mass is 498 g/mol. The van der Waals surface area contributed by atoms with Gasteiger partial charge in [-0.15, -0.1) is 0 Å². The van der Waals surface area contributed by atoms with E-state index in [4.69, 9.17) is 19.9 Å². The number of primary amides is 1. The Morgan fingerprint density at radius 3 is 2.42 bits per heavy atom. The fourth-order valence-electron chi connectivity index (χ4n) is 3.29. The highest BCUT2D eigenvalue weighted by Gasteiger charge is 2.11. The van der Waals surface area contributed by atoms with Gasteiger partial charge in [-0.1, -0.05) is 30.3 Å². The van der Waals surface area contributed by atoms with Crippen molar-refractivity contribution in [2.75, 3.05) is 33.4 Å². The van der Waals surface area contributed by atoms with Crippen molar-refractivity contribution in [3.8, 4) is 17.2 Å². The zero-order valence-electron chi connectivity index (χ0n) is 19.7. The number of halogens is 2. The van der Waals surface area contributed by atoms with Crippen LogP contribution in [0.4, 0.5) is 8.78 Å². The van der Waals surface area contributed by atoms with Gasteiger partial charge in [0.15, 0.2) is 23.1 Å². The number of nitrogens with one attached hydrogen (secondary N) is 1. The number of carbonyl (C=O) groups is 1. The number of methoxy groups -OCH3 is 1. The fraction of sp³-hybridized carbons (Fsp3) is 0.222. The van der Waals surface area contributed by atoms with E-state index in [1.807, 2.05) is 24.3 Å². The molecule has 0 aliphatic rings. The van der Waals surface area contributed by atoms with Gasteiger partial charge < -0.3 is 30.4 Å². The summed E-state index contributed by atoms with van der Waals surface area (Å²) in [7, 11) is 1.58. The van der Waals surface area contributed by atoms with Crippen LogP contribution in [0.1, 0.15) is 11.1 Å². The summed E-state index contributed by atoms with van der Waals surface area (Å²) >= 11 is 0. The molecule has 0 saturated carbocycles. The Kier molecular flexibility index (Phi) is 9.79. The van der Waals surface area contributed by atoms with E-state index in [-0.39, 0.29) is 12.2 Å². The number of hydrogen-bond donors (Lipinski definition) is 3. The Balaban J connectivity index is 1.45. The van der Waals surface area contributed by atoms with Gasteiger partial charge in [0.05, 0.1) is 7.11 Å². The summed E-state index contributed by atoms with van der Waals surface area (Å²) in [5, 5.41) is 13.2. The second kappa shape index (κ2) is 13.2. The Labute approximate surface area is 208 Å². The predicted molar refractivity (Wildman–Crippen MR) is 133 cm³/mol. The van der Waals surface area contributed by atoms with Crippen molar-refractivity contribution >= 4 is 17.6 Å². The lowest BCUT2D eigenvalue weighted by Gasteiger charge is -2.14. The summed E-state index contributed by atoms with van der Waals surface area (Å²) in [5.41, 5.74) is 6.39. The van der Waals surface area contributed by atoms with Gasteiger partial charge in [-0.05, 0) is 53.6 Å². The molecule has 1 atom stereocenters. The molecule has 7 nitrogen and oxygen atoms in total. The Hall–Kier alpha value is -3.95. The number of para-hydroxylation sites is 2. The molecular weight excluding hydrogens is 470 g/mol. The minimum atomic E-state index is -1.02. The van der Waals surface area contributed by atoms with Gasteiger partial charge in [0.2, 0.25) is 5.91 Å². The van der Waals surface area contributed by atoms with Crippen LogP contribution >= 0.6 is 0 Å². The van der Waals surface area contributed by atoms with Gasteiger partial charge in [-0.3, -0.25) is 4.79 Å². The van der Waals surface area contributed by atoms with Crippen LogP contribution in [0.5, 0.6) is 17.2 Å².